The number of fused-ring (bicyclic) bond motifs is 4. The van der Waals surface area contributed by atoms with Crippen LogP contribution in [0.15, 0.2) is 218 Å². The first kappa shape index (κ1) is 34.6. The Morgan fingerprint density at radius 2 is 1.28 bits per heavy atom. The molecule has 0 fully saturated rings. The fraction of sp³-hybridized carbons (Fsp3) is 0.155. The molecule has 1 aliphatic rings. The van der Waals surface area contributed by atoms with Crippen molar-refractivity contribution in [2.45, 2.75) is 67.0 Å². The number of anilines is 2. The number of imidazole rings is 1. The molecule has 0 unspecified atom stereocenters. The monoisotopic (exact) mass is 1220 g/mol. The van der Waals surface area contributed by atoms with Crippen LogP contribution in [0.3, 0.4) is 0 Å². The topological polar surface area (TPSA) is 40.1 Å². The minimum atomic E-state index is -3.13. The second kappa shape index (κ2) is 19.6. The van der Waals surface area contributed by atoms with Gasteiger partial charge in [-0.15, -0.1) is 0 Å². The van der Waals surface area contributed by atoms with E-state index in [2.05, 4.69) is 50.7 Å². The molecule has 0 saturated heterocycles. The van der Waals surface area contributed by atoms with Crippen molar-refractivity contribution >= 4 is 56.8 Å². The SMILES string of the molecule is [2H]c1c([2H])c([2H])c(-c2cc(C([2H])([2H])C(C)(C)C)cc(-c3cccc(C(C)(C)C)c3)c2-n2[c](=[Pt])n(-c3ccc(C([2H])([2H])[2H])c(Oc4nc(N5B(c6ccccc6)n6c7ccccc7c7cccc5c76)ccc4-c4c([2H])c([2H])c([2H])c([2H])c4C([2H])([2H])[2H])c3)c3ccccc32)c([2H])c1[2H]. The van der Waals surface area contributed by atoms with E-state index in [1.807, 2.05) is 129 Å². The third-order valence-electron chi connectivity index (χ3n) is 14.4. The molecule has 0 saturated carbocycles. The molecule has 0 amide bonds. The Balaban J connectivity index is 1.10. The molecule has 0 N–H and O–H groups in total. The molecule has 12 aromatic rings. The van der Waals surface area contributed by atoms with Gasteiger partial charge in [0.1, 0.15) is 0 Å². The summed E-state index contributed by atoms with van der Waals surface area (Å²) in [6.07, 6.45) is -2.08. The van der Waals surface area contributed by atoms with E-state index in [-0.39, 0.29) is 44.8 Å². The van der Waals surface area contributed by atoms with Crippen LogP contribution in [0.2, 0.25) is 0 Å². The Morgan fingerprint density at radius 1 is 0.595 bits per heavy atom. The molecule has 4 heterocycles. The van der Waals surface area contributed by atoms with Crippen LogP contribution in [0, 0.1) is 22.9 Å². The standard InChI is InChI=1S/C71H62BN5O.Pt/c1-47-23-15-16-30-55(47)58-39-40-66(76-64-36-22-32-57-56-31-17-18-33-61(56)77(68(57)64)72(76)53-28-13-10-14-29-53)73-69(58)78-65-44-54(38-37-48(65)2)74-46-75(63-35-20-19-34-62(63)74)67-59(50-24-11-9-12-25-50)41-49(45-70(3,4)5)42-60(67)51-26-21-27-52(43-51)71(6,7)8;/h9-44H,45H2,1-8H3;/i1D3,2D3,9D,11D,12D,15D,16D,23D,24D,25D,30D,45D2;. The summed E-state index contributed by atoms with van der Waals surface area (Å²) < 4.78 is 168. The van der Waals surface area contributed by atoms with Crippen LogP contribution in [0.25, 0.3) is 77.6 Å². The molecular formula is C71H62BN5OPt. The normalized spacial score (nSPS) is 16.2. The van der Waals surface area contributed by atoms with E-state index in [1.165, 1.54) is 18.2 Å². The van der Waals surface area contributed by atoms with E-state index in [9.17, 15) is 6.85 Å². The fourth-order valence-electron chi connectivity index (χ4n) is 11.0. The van der Waals surface area contributed by atoms with Crippen molar-refractivity contribution in [3.63, 3.8) is 0 Å². The summed E-state index contributed by atoms with van der Waals surface area (Å²) in [6, 6.07) is 44.0. The summed E-state index contributed by atoms with van der Waals surface area (Å²) in [6.45, 7) is 4.89. The predicted molar refractivity (Wildman–Crippen MR) is 327 cm³/mol. The van der Waals surface area contributed by atoms with Crippen LogP contribution in [-0.4, -0.2) is 25.6 Å². The number of hydrogen-bond donors (Lipinski definition) is 0. The number of aryl methyl sites for hydroxylation is 1. The van der Waals surface area contributed by atoms with Crippen LogP contribution in [0.1, 0.15) is 87.1 Å². The van der Waals surface area contributed by atoms with Crippen molar-refractivity contribution < 1.29 is 47.4 Å². The van der Waals surface area contributed by atoms with Gasteiger partial charge in [-0.1, -0.05) is 60.7 Å². The third kappa shape index (κ3) is 8.89. The van der Waals surface area contributed by atoms with E-state index in [0.717, 1.165) is 38.5 Å². The summed E-state index contributed by atoms with van der Waals surface area (Å²) in [5, 5.41) is 1.98. The van der Waals surface area contributed by atoms with Crippen molar-refractivity contribution in [2.75, 3.05) is 4.81 Å². The van der Waals surface area contributed by atoms with Gasteiger partial charge in [0.15, 0.2) is 0 Å². The zero-order valence-corrected chi connectivity index (χ0v) is 46.4. The number of para-hydroxylation sites is 4. The summed E-state index contributed by atoms with van der Waals surface area (Å²) in [7, 11) is 0. The molecule has 390 valence electrons. The van der Waals surface area contributed by atoms with E-state index in [0.29, 0.717) is 37.3 Å². The molecular weight excluding hydrogens is 1140 g/mol. The number of nitrogens with zero attached hydrogens (tertiary/aromatic N) is 5. The van der Waals surface area contributed by atoms with Crippen LogP contribution < -0.4 is 15.0 Å². The van der Waals surface area contributed by atoms with Gasteiger partial charge in [0.05, 0.1) is 1.37 Å². The second-order valence-electron chi connectivity index (χ2n) is 21.8. The van der Waals surface area contributed by atoms with Gasteiger partial charge in [-0.05, 0) is 6.07 Å². The Kier molecular flexibility index (Phi) is 8.58. The summed E-state index contributed by atoms with van der Waals surface area (Å²) in [5.74, 6) is -0.434. The Bertz CT molecular complexity index is 5270. The maximum absolute atomic E-state index is 9.78. The molecule has 13 rings (SSSR count). The number of rotatable bonds is 10. The van der Waals surface area contributed by atoms with Gasteiger partial charge < -0.3 is 0 Å². The molecule has 0 aliphatic carbocycles. The first-order chi connectivity index (χ1) is 45.1. The molecule has 79 heavy (non-hydrogen) atoms. The molecule has 0 spiro atoms. The third-order valence-corrected chi connectivity index (χ3v) is 15.4. The Hall–Kier alpha value is -8.25. The van der Waals surface area contributed by atoms with Crippen molar-refractivity contribution in [1.29, 1.82) is 0 Å². The fourth-order valence-corrected chi connectivity index (χ4v) is 12.1. The number of pyridine rings is 1. The van der Waals surface area contributed by atoms with Crippen molar-refractivity contribution in [2.24, 2.45) is 5.41 Å². The molecule has 0 radical (unpaired) electrons. The molecule has 9 aromatic carbocycles. The van der Waals surface area contributed by atoms with Gasteiger partial charge >= 0.3 is 416 Å². The molecule has 0 atom stereocenters. The zero-order valence-electron chi connectivity index (χ0n) is 61.1. The Morgan fingerprint density at radius 3 is 2.04 bits per heavy atom. The summed E-state index contributed by atoms with van der Waals surface area (Å²) >= 11 is 2.13. The van der Waals surface area contributed by atoms with E-state index in [1.54, 1.807) is 45.0 Å². The van der Waals surface area contributed by atoms with Gasteiger partial charge in [-0.2, -0.15) is 0 Å². The van der Waals surface area contributed by atoms with Crippen molar-refractivity contribution in [1.82, 2.24) is 18.6 Å². The quantitative estimate of drug-likeness (QED) is 0.128. The number of hydrogen-bond acceptors (Lipinski definition) is 3. The Labute approximate surface area is 498 Å². The van der Waals surface area contributed by atoms with Crippen LogP contribution in [0.5, 0.6) is 11.6 Å². The van der Waals surface area contributed by atoms with E-state index in [4.69, 9.17) is 26.2 Å². The zero-order chi connectivity index (χ0) is 68.9. The van der Waals surface area contributed by atoms with Crippen molar-refractivity contribution in [3.05, 3.63) is 244 Å². The molecule has 1 aliphatic heterocycles. The second-order valence-corrected chi connectivity index (χ2v) is 22.8. The first-order valence-electron chi connectivity index (χ1n) is 34.5. The van der Waals surface area contributed by atoms with Crippen molar-refractivity contribution in [3.8, 4) is 56.4 Å². The van der Waals surface area contributed by atoms with Crippen LogP contribution in [0.4, 0.5) is 11.5 Å². The average Bonchev–Trinajstić information content (AvgIpc) is 1.53. The average molecular weight is 1220 g/mol. The van der Waals surface area contributed by atoms with Crippen LogP contribution in [-0.2, 0) is 31.1 Å². The first-order valence-corrected chi connectivity index (χ1v) is 27.1. The van der Waals surface area contributed by atoms with Crippen LogP contribution >= 0.6 is 0 Å². The van der Waals surface area contributed by atoms with Gasteiger partial charge in [0, 0.05) is 16.3 Å². The van der Waals surface area contributed by atoms with Gasteiger partial charge in [0.2, 0.25) is 0 Å². The van der Waals surface area contributed by atoms with Gasteiger partial charge in [-0.3, -0.25) is 0 Å². The van der Waals surface area contributed by atoms with Gasteiger partial charge in [-0.25, -0.2) is 0 Å². The van der Waals surface area contributed by atoms with Gasteiger partial charge in [0.25, 0.3) is 0 Å². The number of aromatic nitrogens is 4. The molecule has 0 bridgehead atoms. The summed E-state index contributed by atoms with van der Waals surface area (Å²) in [4.78, 5) is 7.24. The van der Waals surface area contributed by atoms with E-state index >= 15 is 0 Å². The van der Waals surface area contributed by atoms with E-state index < -0.39 is 104 Å². The molecule has 3 aromatic heterocycles. The molecule has 8 heteroatoms. The molecule has 6 nitrogen and oxygen atoms in total. The summed E-state index contributed by atoms with van der Waals surface area (Å²) in [5.41, 5.74) is 4.25. The maximum atomic E-state index is 9.78. The number of ether oxygens (including phenoxy) is 1. The minimum absolute atomic E-state index is 0.125. The predicted octanol–water partition coefficient (Wildman–Crippen LogP) is 17.7. The number of benzene rings is 9.